The molecule has 2 N–H and O–H groups in total. The summed E-state index contributed by atoms with van der Waals surface area (Å²) in [6.07, 6.45) is 3.78. The number of hydrogen-bond donors (Lipinski definition) is 3. The van der Waals surface area contributed by atoms with E-state index in [2.05, 4.69) is 28.2 Å². The fraction of sp³-hybridized carbons (Fsp3) is 0.368. The van der Waals surface area contributed by atoms with Gasteiger partial charge in [-0.1, -0.05) is 17.7 Å². The number of fused-ring (bicyclic) bond motifs is 1. The van der Waals surface area contributed by atoms with E-state index in [9.17, 15) is 4.79 Å². The highest BCUT2D eigenvalue weighted by atomic mass is 35.5. The zero-order valence-electron chi connectivity index (χ0n) is 14.7. The van der Waals surface area contributed by atoms with Gasteiger partial charge >= 0.3 is 0 Å². The van der Waals surface area contributed by atoms with Crippen LogP contribution in [0.25, 0.3) is 10.9 Å². The first-order valence-electron chi connectivity index (χ1n) is 8.71. The summed E-state index contributed by atoms with van der Waals surface area (Å²) < 4.78 is 0. The zero-order chi connectivity index (χ0) is 18.5. The second-order valence-electron chi connectivity index (χ2n) is 6.29. The van der Waals surface area contributed by atoms with Crippen LogP contribution in [0.2, 0.25) is 5.02 Å². The minimum absolute atomic E-state index is 0.106. The standard InChI is InChI=1S/C19H23ClN4OS/c1-13-10-14(12-26)19(25)24(13)9-8-21-6-7-23-17-4-5-22-18-11-15(20)2-3-16(17)18/h2-5,10-11,13,21,26H,6-9,12H2,1H3,(H,22,23). The van der Waals surface area contributed by atoms with Crippen LogP contribution in [-0.2, 0) is 4.79 Å². The minimum atomic E-state index is 0.106. The molecule has 7 heteroatoms. The molecule has 2 heterocycles. The molecule has 0 spiro atoms. The smallest absolute Gasteiger partial charge is 0.250 e. The average molecular weight is 391 g/mol. The van der Waals surface area contributed by atoms with Crippen LogP contribution in [-0.4, -0.2) is 53.8 Å². The van der Waals surface area contributed by atoms with Crippen molar-refractivity contribution in [3.05, 3.63) is 47.1 Å². The lowest BCUT2D eigenvalue weighted by molar-refractivity contribution is -0.126. The lowest BCUT2D eigenvalue weighted by Crippen LogP contribution is -2.39. The largest absolute Gasteiger partial charge is 0.383 e. The summed E-state index contributed by atoms with van der Waals surface area (Å²) in [5.41, 5.74) is 2.72. The Morgan fingerprint density at radius 3 is 2.88 bits per heavy atom. The molecule has 0 aliphatic carbocycles. The third-order valence-corrected chi connectivity index (χ3v) is 5.07. The van der Waals surface area contributed by atoms with Gasteiger partial charge < -0.3 is 15.5 Å². The molecule has 1 aromatic carbocycles. The summed E-state index contributed by atoms with van der Waals surface area (Å²) in [4.78, 5) is 18.4. The number of benzene rings is 1. The number of thiol groups is 1. The Labute approximate surface area is 164 Å². The first-order chi connectivity index (χ1) is 12.6. The van der Waals surface area contributed by atoms with Crippen LogP contribution in [0, 0.1) is 0 Å². The SMILES string of the molecule is CC1C=C(CS)C(=O)N1CCNCCNc1ccnc2cc(Cl)ccc12. The van der Waals surface area contributed by atoms with Gasteiger partial charge in [0.15, 0.2) is 0 Å². The van der Waals surface area contributed by atoms with E-state index in [4.69, 9.17) is 11.6 Å². The van der Waals surface area contributed by atoms with Gasteiger partial charge in [0.1, 0.15) is 0 Å². The number of carbonyl (C=O) groups excluding carboxylic acids is 1. The monoisotopic (exact) mass is 390 g/mol. The molecule has 138 valence electrons. The molecule has 1 aliphatic rings. The van der Waals surface area contributed by atoms with Crippen LogP contribution in [0.15, 0.2) is 42.1 Å². The molecule has 2 aromatic rings. The van der Waals surface area contributed by atoms with E-state index >= 15 is 0 Å². The van der Waals surface area contributed by atoms with Crippen LogP contribution < -0.4 is 10.6 Å². The van der Waals surface area contributed by atoms with Crippen molar-refractivity contribution in [2.75, 3.05) is 37.2 Å². The Morgan fingerprint density at radius 2 is 2.12 bits per heavy atom. The van der Waals surface area contributed by atoms with Crippen molar-refractivity contribution in [1.29, 1.82) is 0 Å². The molecule has 3 rings (SSSR count). The van der Waals surface area contributed by atoms with E-state index < -0.39 is 0 Å². The van der Waals surface area contributed by atoms with Crippen LogP contribution in [0.3, 0.4) is 0 Å². The van der Waals surface area contributed by atoms with Gasteiger partial charge in [0, 0.05) is 65.8 Å². The molecule has 1 atom stereocenters. The van der Waals surface area contributed by atoms with Crippen molar-refractivity contribution in [3.63, 3.8) is 0 Å². The average Bonchev–Trinajstić information content (AvgIpc) is 2.91. The molecular weight excluding hydrogens is 368 g/mol. The summed E-state index contributed by atoms with van der Waals surface area (Å²) in [6, 6.07) is 7.83. The first-order valence-corrected chi connectivity index (χ1v) is 9.72. The molecule has 0 fully saturated rings. The van der Waals surface area contributed by atoms with Crippen LogP contribution in [0.5, 0.6) is 0 Å². The summed E-state index contributed by atoms with van der Waals surface area (Å²) in [6.45, 7) is 5.09. The van der Waals surface area contributed by atoms with Crippen LogP contribution >= 0.6 is 24.2 Å². The number of anilines is 1. The summed E-state index contributed by atoms with van der Waals surface area (Å²) in [7, 11) is 0. The molecule has 1 amide bonds. The summed E-state index contributed by atoms with van der Waals surface area (Å²) in [5, 5.41) is 8.54. The van der Waals surface area contributed by atoms with E-state index in [0.717, 1.165) is 41.8 Å². The fourth-order valence-electron chi connectivity index (χ4n) is 3.13. The van der Waals surface area contributed by atoms with Gasteiger partial charge in [-0.2, -0.15) is 12.6 Å². The van der Waals surface area contributed by atoms with Gasteiger partial charge in [0.05, 0.1) is 5.52 Å². The zero-order valence-corrected chi connectivity index (χ0v) is 16.4. The normalized spacial score (nSPS) is 17.0. The second-order valence-corrected chi connectivity index (χ2v) is 7.04. The second kappa shape index (κ2) is 8.75. The van der Waals surface area contributed by atoms with Crippen molar-refractivity contribution >= 4 is 46.7 Å². The first kappa shape index (κ1) is 19.0. The third-order valence-electron chi connectivity index (χ3n) is 4.49. The molecular formula is C19H23ClN4OS. The van der Waals surface area contributed by atoms with Crippen molar-refractivity contribution < 1.29 is 4.79 Å². The third kappa shape index (κ3) is 4.31. The van der Waals surface area contributed by atoms with Crippen molar-refractivity contribution in [3.8, 4) is 0 Å². The molecule has 0 bridgehead atoms. The predicted octanol–water partition coefficient (Wildman–Crippen LogP) is 2.98. The van der Waals surface area contributed by atoms with Crippen LogP contribution in [0.1, 0.15) is 6.92 Å². The van der Waals surface area contributed by atoms with Gasteiger partial charge in [0.2, 0.25) is 0 Å². The number of amides is 1. The van der Waals surface area contributed by atoms with Crippen LogP contribution in [0.4, 0.5) is 5.69 Å². The number of halogens is 1. The Kier molecular flexibility index (Phi) is 6.40. The number of rotatable bonds is 8. The number of aromatic nitrogens is 1. The van der Waals surface area contributed by atoms with E-state index in [1.54, 1.807) is 6.20 Å². The Hall–Kier alpha value is -1.76. The fourth-order valence-corrected chi connectivity index (χ4v) is 3.54. The number of hydrogen-bond acceptors (Lipinski definition) is 5. The molecule has 1 aromatic heterocycles. The maximum atomic E-state index is 12.2. The van der Waals surface area contributed by atoms with Gasteiger partial charge in [-0.25, -0.2) is 0 Å². The molecule has 0 saturated carbocycles. The highest BCUT2D eigenvalue weighted by Gasteiger charge is 2.27. The van der Waals surface area contributed by atoms with Gasteiger partial charge in [-0.3, -0.25) is 9.78 Å². The number of nitrogens with zero attached hydrogens (tertiary/aromatic N) is 2. The molecule has 26 heavy (non-hydrogen) atoms. The lowest BCUT2D eigenvalue weighted by atomic mass is 10.2. The van der Waals surface area contributed by atoms with Crippen molar-refractivity contribution in [2.45, 2.75) is 13.0 Å². The highest BCUT2D eigenvalue weighted by Crippen LogP contribution is 2.24. The van der Waals surface area contributed by atoms with Crippen molar-refractivity contribution in [2.24, 2.45) is 0 Å². The molecule has 1 unspecified atom stereocenters. The molecule has 1 aliphatic heterocycles. The summed E-state index contributed by atoms with van der Waals surface area (Å²) >= 11 is 10.2. The maximum absolute atomic E-state index is 12.2. The van der Waals surface area contributed by atoms with E-state index in [0.29, 0.717) is 17.3 Å². The van der Waals surface area contributed by atoms with Gasteiger partial charge in [-0.15, -0.1) is 0 Å². The molecule has 5 nitrogen and oxygen atoms in total. The van der Waals surface area contributed by atoms with Gasteiger partial charge in [0.25, 0.3) is 5.91 Å². The predicted molar refractivity (Wildman–Crippen MR) is 111 cm³/mol. The van der Waals surface area contributed by atoms with Gasteiger partial charge in [-0.05, 0) is 31.2 Å². The van der Waals surface area contributed by atoms with E-state index in [1.807, 2.05) is 42.2 Å². The quantitative estimate of drug-likeness (QED) is 0.479. The lowest BCUT2D eigenvalue weighted by Gasteiger charge is -2.22. The van der Waals surface area contributed by atoms with E-state index in [-0.39, 0.29) is 11.9 Å². The number of pyridine rings is 1. The number of carbonyl (C=O) groups is 1. The van der Waals surface area contributed by atoms with Crippen molar-refractivity contribution in [1.82, 2.24) is 15.2 Å². The Balaban J connectivity index is 1.42. The highest BCUT2D eigenvalue weighted by molar-refractivity contribution is 7.80. The Morgan fingerprint density at radius 1 is 1.27 bits per heavy atom. The summed E-state index contributed by atoms with van der Waals surface area (Å²) in [5.74, 6) is 0.608. The number of nitrogens with one attached hydrogen (secondary N) is 2. The topological polar surface area (TPSA) is 57.3 Å². The van der Waals surface area contributed by atoms with E-state index in [1.165, 1.54) is 0 Å². The molecule has 0 saturated heterocycles. The minimum Gasteiger partial charge on any atom is -0.383 e. The Bertz CT molecular complexity index is 826. The maximum Gasteiger partial charge on any atom is 0.250 e. The molecule has 0 radical (unpaired) electrons.